The zero-order valence-corrected chi connectivity index (χ0v) is 17.8. The number of aliphatic hydroxyl groups excluding tert-OH is 2. The number of nitrogens with one attached hydrogen (secondary N) is 3. The van der Waals surface area contributed by atoms with Gasteiger partial charge >= 0.3 is 0 Å². The van der Waals surface area contributed by atoms with E-state index in [1.807, 2.05) is 0 Å². The van der Waals surface area contributed by atoms with Crippen molar-refractivity contribution < 1.29 is 14.9 Å². The summed E-state index contributed by atoms with van der Waals surface area (Å²) in [4.78, 5) is 30.8. The molecule has 0 bridgehead atoms. The molecule has 0 aliphatic carbocycles. The van der Waals surface area contributed by atoms with Crippen LogP contribution < -0.4 is 27.7 Å². The molecular weight excluding hydrogens is 432 g/mol. The Bertz CT molecular complexity index is 1210. The van der Waals surface area contributed by atoms with Crippen LogP contribution in [0.2, 0.25) is 0 Å². The number of rotatable bonds is 8. The van der Waals surface area contributed by atoms with Gasteiger partial charge in [-0.2, -0.15) is 0 Å². The molecule has 9 N–H and O–H groups in total. The van der Waals surface area contributed by atoms with Crippen LogP contribution in [-0.2, 0) is 4.74 Å². The van der Waals surface area contributed by atoms with Gasteiger partial charge in [0, 0.05) is 12.3 Å². The number of aromatic nitrogens is 5. The Labute approximate surface area is 187 Å². The van der Waals surface area contributed by atoms with Crippen LogP contribution in [0.25, 0.3) is 11.2 Å². The second-order valence-corrected chi connectivity index (χ2v) is 7.47. The summed E-state index contributed by atoms with van der Waals surface area (Å²) in [7, 11) is 0. The van der Waals surface area contributed by atoms with E-state index in [-0.39, 0.29) is 17.3 Å². The van der Waals surface area contributed by atoms with Crippen molar-refractivity contribution in [2.75, 3.05) is 30.0 Å². The van der Waals surface area contributed by atoms with Crippen molar-refractivity contribution in [1.82, 2.24) is 29.8 Å². The number of hydrogen-bond donors (Lipinski definition) is 7. The number of ether oxygens (including phenoxy) is 1. The molecule has 0 amide bonds. The Morgan fingerprint density at radius 1 is 1.30 bits per heavy atom. The van der Waals surface area contributed by atoms with Crippen molar-refractivity contribution in [3.63, 3.8) is 0 Å². The molecule has 4 heterocycles. The van der Waals surface area contributed by atoms with Crippen molar-refractivity contribution in [1.29, 1.82) is 0 Å². The molecule has 0 radical (unpaired) electrons. The number of H-pyrrole nitrogens is 1. The van der Waals surface area contributed by atoms with Gasteiger partial charge in [-0.15, -0.1) is 0 Å². The summed E-state index contributed by atoms with van der Waals surface area (Å²) in [6.45, 7) is 2.48. The molecule has 0 saturated carbocycles. The normalized spacial score (nSPS) is 23.0. The zero-order chi connectivity index (χ0) is 23.5. The first-order chi connectivity index (χ1) is 15.9. The highest BCUT2D eigenvalue weighted by atomic mass is 16.6. The standard InChI is InChI=1S/C19H26N10O4/c1-2-23-12-9(5-11(20)28-18(12)32)24-6-22-4-3-10-14(30)15(31)19(33-10)29-8-27-13-16(21)25-7-26-17(13)29/h2,5,7-8,10,14-15,19,22,30-31H,3-4,6H2,1H3,(H2,21,25,26)(H4,20,24,28,32)/b23-2-. The second kappa shape index (κ2) is 9.50. The highest BCUT2D eigenvalue weighted by Crippen LogP contribution is 2.33. The smallest absolute Gasteiger partial charge is 0.277 e. The predicted molar refractivity (Wildman–Crippen MR) is 122 cm³/mol. The molecule has 4 atom stereocenters. The Morgan fingerprint density at radius 3 is 2.91 bits per heavy atom. The van der Waals surface area contributed by atoms with Crippen LogP contribution in [0.1, 0.15) is 19.6 Å². The lowest BCUT2D eigenvalue weighted by atomic mass is 10.1. The summed E-state index contributed by atoms with van der Waals surface area (Å²) in [5.74, 6) is 0.439. The van der Waals surface area contributed by atoms with Gasteiger partial charge in [0.25, 0.3) is 5.56 Å². The molecule has 1 aliphatic rings. The van der Waals surface area contributed by atoms with Gasteiger partial charge in [-0.1, -0.05) is 0 Å². The highest BCUT2D eigenvalue weighted by molar-refractivity contribution is 5.81. The van der Waals surface area contributed by atoms with E-state index < -0.39 is 30.1 Å². The first kappa shape index (κ1) is 22.6. The maximum Gasteiger partial charge on any atom is 0.277 e. The molecule has 3 aromatic rings. The first-order valence-electron chi connectivity index (χ1n) is 10.3. The van der Waals surface area contributed by atoms with Gasteiger partial charge < -0.3 is 36.7 Å². The van der Waals surface area contributed by atoms with Gasteiger partial charge in [0.2, 0.25) is 0 Å². The van der Waals surface area contributed by atoms with E-state index in [4.69, 9.17) is 16.2 Å². The fourth-order valence-corrected chi connectivity index (χ4v) is 3.71. The molecule has 14 nitrogen and oxygen atoms in total. The quantitative estimate of drug-likeness (QED) is 0.124. The lowest BCUT2D eigenvalue weighted by Crippen LogP contribution is -2.34. The van der Waals surface area contributed by atoms with E-state index in [0.29, 0.717) is 36.5 Å². The van der Waals surface area contributed by atoms with E-state index in [1.54, 1.807) is 13.0 Å². The van der Waals surface area contributed by atoms with Crippen molar-refractivity contribution in [3.05, 3.63) is 29.1 Å². The van der Waals surface area contributed by atoms with Gasteiger partial charge in [-0.3, -0.25) is 19.7 Å². The fraction of sp³-hybridized carbons (Fsp3) is 0.421. The highest BCUT2D eigenvalue weighted by Gasteiger charge is 2.43. The van der Waals surface area contributed by atoms with Gasteiger partial charge in [0.1, 0.15) is 29.9 Å². The van der Waals surface area contributed by atoms with Gasteiger partial charge in [0.15, 0.2) is 23.4 Å². The molecule has 1 saturated heterocycles. The number of aliphatic hydroxyl groups is 2. The molecule has 1 fully saturated rings. The number of aliphatic imine (C=N–C) groups is 1. The summed E-state index contributed by atoms with van der Waals surface area (Å²) in [6.07, 6.45) is 0.925. The van der Waals surface area contributed by atoms with Gasteiger partial charge in [0.05, 0.1) is 24.8 Å². The van der Waals surface area contributed by atoms with E-state index in [2.05, 4.69) is 35.6 Å². The lowest BCUT2D eigenvalue weighted by molar-refractivity contribution is -0.0366. The van der Waals surface area contributed by atoms with Crippen LogP contribution in [0.15, 0.2) is 28.5 Å². The Hall–Kier alpha value is -3.59. The molecule has 4 rings (SSSR count). The largest absolute Gasteiger partial charge is 0.388 e. The minimum absolute atomic E-state index is 0.218. The minimum atomic E-state index is -1.17. The Morgan fingerprint density at radius 2 is 2.12 bits per heavy atom. The zero-order valence-electron chi connectivity index (χ0n) is 17.8. The molecule has 0 aromatic carbocycles. The number of pyridine rings is 1. The third-order valence-corrected chi connectivity index (χ3v) is 5.29. The number of imidazole rings is 1. The number of fused-ring (bicyclic) bond motifs is 1. The molecular formula is C19H26N10O4. The Balaban J connectivity index is 1.34. The average Bonchev–Trinajstić information content (AvgIpc) is 3.33. The summed E-state index contributed by atoms with van der Waals surface area (Å²) in [5, 5.41) is 27.2. The molecule has 4 unspecified atom stereocenters. The maximum atomic E-state index is 12.0. The lowest BCUT2D eigenvalue weighted by Gasteiger charge is -2.16. The van der Waals surface area contributed by atoms with Crippen molar-refractivity contribution in [2.45, 2.75) is 37.9 Å². The summed E-state index contributed by atoms with van der Waals surface area (Å²) >= 11 is 0. The van der Waals surface area contributed by atoms with Crippen LogP contribution in [0.4, 0.5) is 23.0 Å². The third-order valence-electron chi connectivity index (χ3n) is 5.29. The number of nitrogens with zero attached hydrogens (tertiary/aromatic N) is 5. The molecule has 1 aliphatic heterocycles. The van der Waals surface area contributed by atoms with Crippen LogP contribution in [0, 0.1) is 0 Å². The molecule has 14 heteroatoms. The number of nitrogens with two attached hydrogens (primary N) is 2. The summed E-state index contributed by atoms with van der Waals surface area (Å²) in [6, 6.07) is 1.59. The van der Waals surface area contributed by atoms with Gasteiger partial charge in [-0.05, 0) is 19.9 Å². The third kappa shape index (κ3) is 4.49. The predicted octanol–water partition coefficient (Wildman–Crippen LogP) is -0.930. The number of hydrogen-bond acceptors (Lipinski definition) is 12. The van der Waals surface area contributed by atoms with Crippen molar-refractivity contribution in [2.24, 2.45) is 4.99 Å². The molecule has 33 heavy (non-hydrogen) atoms. The summed E-state index contributed by atoms with van der Waals surface area (Å²) in [5.41, 5.74) is 12.6. The number of nitrogen functional groups attached to an aromatic ring is 2. The van der Waals surface area contributed by atoms with Crippen LogP contribution in [-0.4, -0.2) is 72.5 Å². The van der Waals surface area contributed by atoms with E-state index in [0.717, 1.165) is 0 Å². The monoisotopic (exact) mass is 458 g/mol. The molecule has 3 aromatic heterocycles. The maximum absolute atomic E-state index is 12.0. The van der Waals surface area contributed by atoms with Crippen LogP contribution in [0.5, 0.6) is 0 Å². The second-order valence-electron chi connectivity index (χ2n) is 7.47. The molecule has 0 spiro atoms. The number of aromatic amines is 1. The van der Waals surface area contributed by atoms with E-state index in [9.17, 15) is 15.0 Å². The first-order valence-corrected chi connectivity index (χ1v) is 10.3. The Kier molecular flexibility index (Phi) is 6.50. The van der Waals surface area contributed by atoms with Crippen molar-refractivity contribution >= 4 is 40.4 Å². The van der Waals surface area contributed by atoms with E-state index >= 15 is 0 Å². The molecule has 176 valence electrons. The minimum Gasteiger partial charge on any atom is -0.388 e. The number of anilines is 3. The fourth-order valence-electron chi connectivity index (χ4n) is 3.71. The SMILES string of the molecule is C/C=N\c1c(NCNCCC2OC(n3cnc4c(N)ncnc43)C(O)C2O)cc(N)[nH]c1=O. The topological polar surface area (TPSA) is 215 Å². The van der Waals surface area contributed by atoms with Gasteiger partial charge in [-0.25, -0.2) is 15.0 Å². The average molecular weight is 458 g/mol. The van der Waals surface area contributed by atoms with Crippen molar-refractivity contribution in [3.8, 4) is 0 Å². The van der Waals surface area contributed by atoms with Crippen LogP contribution >= 0.6 is 0 Å². The van der Waals surface area contributed by atoms with E-state index in [1.165, 1.54) is 23.4 Å². The van der Waals surface area contributed by atoms with Crippen LogP contribution in [0.3, 0.4) is 0 Å². The summed E-state index contributed by atoms with van der Waals surface area (Å²) < 4.78 is 7.44.